The number of halogens is 1. The number of alkyl halides is 1. The molecule has 4 heteroatoms. The van der Waals surface area contributed by atoms with E-state index < -0.39 is 0 Å². The molecule has 0 bridgehead atoms. The van der Waals surface area contributed by atoms with Crippen LogP contribution in [0.3, 0.4) is 0 Å². The fourth-order valence-corrected chi connectivity index (χ4v) is 2.60. The highest BCUT2D eigenvalue weighted by molar-refractivity contribution is 6.17. The van der Waals surface area contributed by atoms with Crippen molar-refractivity contribution in [1.82, 2.24) is 0 Å². The predicted molar refractivity (Wildman–Crippen MR) is 85.6 cm³/mol. The third-order valence-corrected chi connectivity index (χ3v) is 3.71. The second-order valence-electron chi connectivity index (χ2n) is 4.96. The Kier molecular flexibility index (Phi) is 3.84. The van der Waals surface area contributed by atoms with Crippen LogP contribution in [0.2, 0.25) is 0 Å². The van der Waals surface area contributed by atoms with Gasteiger partial charge < -0.3 is 9.15 Å². The van der Waals surface area contributed by atoms with Crippen LogP contribution < -0.4 is 10.4 Å². The molecule has 0 unspecified atom stereocenters. The summed E-state index contributed by atoms with van der Waals surface area (Å²) < 4.78 is 11.0. The molecule has 0 spiro atoms. The van der Waals surface area contributed by atoms with Crippen molar-refractivity contribution in [3.05, 3.63) is 52.4 Å². The van der Waals surface area contributed by atoms with Crippen LogP contribution in [0.5, 0.6) is 5.75 Å². The minimum absolute atomic E-state index is 0.325. The maximum atomic E-state index is 11.5. The zero-order valence-electron chi connectivity index (χ0n) is 11.7. The fourth-order valence-electron chi connectivity index (χ4n) is 2.49. The molecule has 0 aliphatic carbocycles. The van der Waals surface area contributed by atoms with Crippen LogP contribution in [0.1, 0.15) is 12.0 Å². The van der Waals surface area contributed by atoms with E-state index in [-0.39, 0.29) is 5.63 Å². The fraction of sp³-hybridized carbons (Fsp3) is 0.235. The molecule has 0 aliphatic rings. The number of hydrogen-bond acceptors (Lipinski definition) is 3. The van der Waals surface area contributed by atoms with E-state index in [4.69, 9.17) is 20.8 Å². The van der Waals surface area contributed by atoms with E-state index >= 15 is 0 Å². The monoisotopic (exact) mass is 302 g/mol. The molecule has 1 aromatic heterocycles. The van der Waals surface area contributed by atoms with Gasteiger partial charge in [0.15, 0.2) is 0 Å². The smallest absolute Gasteiger partial charge is 0.336 e. The summed E-state index contributed by atoms with van der Waals surface area (Å²) >= 11 is 5.65. The molecule has 21 heavy (non-hydrogen) atoms. The van der Waals surface area contributed by atoms with Gasteiger partial charge in [0.05, 0.1) is 6.61 Å². The zero-order chi connectivity index (χ0) is 14.8. The zero-order valence-corrected chi connectivity index (χ0v) is 12.4. The summed E-state index contributed by atoms with van der Waals surface area (Å²) in [5, 5.41) is 3.07. The van der Waals surface area contributed by atoms with Crippen LogP contribution in [0, 0.1) is 6.92 Å². The molecule has 108 valence electrons. The summed E-state index contributed by atoms with van der Waals surface area (Å²) in [6.07, 6.45) is 0.809. The lowest BCUT2D eigenvalue weighted by Gasteiger charge is -2.09. The van der Waals surface area contributed by atoms with Gasteiger partial charge in [-0.1, -0.05) is 12.1 Å². The van der Waals surface area contributed by atoms with Gasteiger partial charge in [-0.25, -0.2) is 4.79 Å². The Labute approximate surface area is 127 Å². The Morgan fingerprint density at radius 3 is 2.81 bits per heavy atom. The normalized spacial score (nSPS) is 11.1. The Bertz CT molecular complexity index is 852. The van der Waals surface area contributed by atoms with E-state index in [2.05, 4.69) is 0 Å². The summed E-state index contributed by atoms with van der Waals surface area (Å²) in [4.78, 5) is 11.5. The first kappa shape index (κ1) is 14.0. The van der Waals surface area contributed by atoms with Crippen LogP contribution in [-0.4, -0.2) is 12.5 Å². The van der Waals surface area contributed by atoms with Gasteiger partial charge in [-0.15, -0.1) is 11.6 Å². The quantitative estimate of drug-likeness (QED) is 0.313. The predicted octanol–water partition coefficient (Wildman–Crippen LogP) is 4.26. The average Bonchev–Trinajstić information content (AvgIpc) is 2.46. The van der Waals surface area contributed by atoms with E-state index in [9.17, 15) is 4.79 Å². The minimum atomic E-state index is -0.325. The van der Waals surface area contributed by atoms with Gasteiger partial charge >= 0.3 is 5.63 Å². The van der Waals surface area contributed by atoms with Crippen molar-refractivity contribution in [3.8, 4) is 5.75 Å². The van der Waals surface area contributed by atoms with E-state index in [1.807, 2.05) is 37.3 Å². The highest BCUT2D eigenvalue weighted by Crippen LogP contribution is 2.30. The van der Waals surface area contributed by atoms with E-state index in [1.165, 1.54) is 6.07 Å². The van der Waals surface area contributed by atoms with Crippen molar-refractivity contribution in [2.75, 3.05) is 12.5 Å². The molecular formula is C17H15ClO3. The topological polar surface area (TPSA) is 39.4 Å². The summed E-state index contributed by atoms with van der Waals surface area (Å²) in [5.74, 6) is 1.38. The lowest BCUT2D eigenvalue weighted by atomic mass is 10.0. The standard InChI is InChI=1S/C17H15ClO3/c1-11-9-16(19)21-15-6-4-12-3-5-13(20-8-2-7-18)10-14(12)17(11)15/h3-6,9-10H,2,7-8H2,1H3. The van der Waals surface area contributed by atoms with Crippen LogP contribution in [0.25, 0.3) is 21.7 Å². The van der Waals surface area contributed by atoms with Gasteiger partial charge in [0, 0.05) is 17.3 Å². The van der Waals surface area contributed by atoms with Gasteiger partial charge in [0.2, 0.25) is 0 Å². The van der Waals surface area contributed by atoms with Crippen LogP contribution in [-0.2, 0) is 0 Å². The Morgan fingerprint density at radius 2 is 2.00 bits per heavy atom. The summed E-state index contributed by atoms with van der Waals surface area (Å²) in [5.41, 5.74) is 1.18. The van der Waals surface area contributed by atoms with Crippen molar-refractivity contribution in [3.63, 3.8) is 0 Å². The van der Waals surface area contributed by atoms with Crippen molar-refractivity contribution in [2.24, 2.45) is 0 Å². The molecule has 1 heterocycles. The number of hydrogen-bond donors (Lipinski definition) is 0. The molecule has 0 fully saturated rings. The van der Waals surface area contributed by atoms with E-state index in [0.717, 1.165) is 33.9 Å². The molecule has 0 saturated carbocycles. The first-order valence-electron chi connectivity index (χ1n) is 6.85. The number of benzene rings is 2. The van der Waals surface area contributed by atoms with Gasteiger partial charge in [-0.2, -0.15) is 0 Å². The molecule has 3 aromatic rings. The molecule has 0 amide bonds. The number of fused-ring (bicyclic) bond motifs is 3. The molecule has 0 N–H and O–H groups in total. The maximum absolute atomic E-state index is 11.5. The molecule has 0 aliphatic heterocycles. The second-order valence-corrected chi connectivity index (χ2v) is 5.34. The van der Waals surface area contributed by atoms with Crippen molar-refractivity contribution in [2.45, 2.75) is 13.3 Å². The second kappa shape index (κ2) is 5.78. The van der Waals surface area contributed by atoms with Crippen molar-refractivity contribution >= 4 is 33.3 Å². The highest BCUT2D eigenvalue weighted by Gasteiger charge is 2.08. The van der Waals surface area contributed by atoms with E-state index in [0.29, 0.717) is 18.1 Å². The lowest BCUT2D eigenvalue weighted by Crippen LogP contribution is -1.99. The third kappa shape index (κ3) is 2.74. The first-order valence-corrected chi connectivity index (χ1v) is 7.38. The summed E-state index contributed by atoms with van der Waals surface area (Å²) in [6.45, 7) is 2.51. The Morgan fingerprint density at radius 1 is 1.19 bits per heavy atom. The molecular weight excluding hydrogens is 288 g/mol. The van der Waals surface area contributed by atoms with Crippen molar-refractivity contribution < 1.29 is 9.15 Å². The Hall–Kier alpha value is -2.00. The van der Waals surface area contributed by atoms with Crippen LogP contribution in [0.15, 0.2) is 45.6 Å². The molecule has 3 nitrogen and oxygen atoms in total. The van der Waals surface area contributed by atoms with Gasteiger partial charge in [0.1, 0.15) is 11.3 Å². The first-order chi connectivity index (χ1) is 10.2. The van der Waals surface area contributed by atoms with E-state index in [1.54, 1.807) is 0 Å². The lowest BCUT2D eigenvalue weighted by molar-refractivity contribution is 0.319. The molecule has 3 rings (SSSR count). The van der Waals surface area contributed by atoms with Crippen LogP contribution in [0.4, 0.5) is 0 Å². The number of aryl methyl sites for hydroxylation is 1. The Balaban J connectivity index is 2.17. The van der Waals surface area contributed by atoms with Gasteiger partial charge in [-0.3, -0.25) is 0 Å². The minimum Gasteiger partial charge on any atom is -0.494 e. The average molecular weight is 303 g/mol. The summed E-state index contributed by atoms with van der Waals surface area (Å²) in [7, 11) is 0. The van der Waals surface area contributed by atoms with Crippen molar-refractivity contribution in [1.29, 1.82) is 0 Å². The molecule has 0 saturated heterocycles. The number of rotatable bonds is 4. The number of ether oxygens (including phenoxy) is 1. The van der Waals surface area contributed by atoms with Gasteiger partial charge in [-0.05, 0) is 47.9 Å². The largest absolute Gasteiger partial charge is 0.494 e. The molecule has 0 atom stereocenters. The molecule has 0 radical (unpaired) electrons. The van der Waals surface area contributed by atoms with Crippen LogP contribution >= 0.6 is 11.6 Å². The summed E-state index contributed by atoms with van der Waals surface area (Å²) in [6, 6.07) is 11.2. The maximum Gasteiger partial charge on any atom is 0.336 e. The SMILES string of the molecule is Cc1cc(=O)oc2ccc3ccc(OCCCCl)cc3c12. The van der Waals surface area contributed by atoms with Gasteiger partial charge in [0.25, 0.3) is 0 Å². The molecule has 2 aromatic carbocycles. The third-order valence-electron chi connectivity index (χ3n) is 3.44. The highest BCUT2D eigenvalue weighted by atomic mass is 35.5.